The molecule has 1 N–H and O–H groups in total. The zero-order valence-corrected chi connectivity index (χ0v) is 13.0. The summed E-state index contributed by atoms with van der Waals surface area (Å²) in [4.78, 5) is 5.78. The fourth-order valence-corrected chi connectivity index (χ4v) is 3.06. The van der Waals surface area contributed by atoms with Gasteiger partial charge in [0.05, 0.1) is 22.3 Å². The van der Waals surface area contributed by atoms with Gasteiger partial charge in [0.2, 0.25) is 0 Å². The predicted molar refractivity (Wildman–Crippen MR) is 81.0 cm³/mol. The molecule has 0 saturated carbocycles. The molecular formula is C13H14Cl2N2OS. The Balaban J connectivity index is 2.38. The van der Waals surface area contributed by atoms with Crippen LogP contribution in [0, 0.1) is 0 Å². The molecule has 0 radical (unpaired) electrons. The van der Waals surface area contributed by atoms with Gasteiger partial charge in [-0.3, -0.25) is 0 Å². The second-order valence-electron chi connectivity index (χ2n) is 3.98. The van der Waals surface area contributed by atoms with Crippen molar-refractivity contribution in [2.75, 3.05) is 14.2 Å². The standard InChI is InChI=1S/C13H14Cl2N2OS/c1-16-6-12-11(7-18-2)17-13(19-12)8-3-4-9(14)10(15)5-8/h3-5,16H,6-7H2,1-2H3. The lowest BCUT2D eigenvalue weighted by atomic mass is 10.2. The Bertz CT molecular complexity index is 548. The van der Waals surface area contributed by atoms with Gasteiger partial charge in [0, 0.05) is 24.1 Å². The molecule has 102 valence electrons. The largest absolute Gasteiger partial charge is 0.378 e. The van der Waals surface area contributed by atoms with E-state index in [0.717, 1.165) is 22.8 Å². The van der Waals surface area contributed by atoms with Crippen LogP contribution in [0.25, 0.3) is 10.6 Å². The molecule has 3 nitrogen and oxygen atoms in total. The third-order valence-electron chi connectivity index (χ3n) is 2.56. The first-order valence-corrected chi connectivity index (χ1v) is 7.30. The summed E-state index contributed by atoms with van der Waals surface area (Å²) in [6.07, 6.45) is 0. The monoisotopic (exact) mass is 316 g/mol. The number of hydrogen-bond acceptors (Lipinski definition) is 4. The summed E-state index contributed by atoms with van der Waals surface area (Å²) >= 11 is 13.6. The zero-order chi connectivity index (χ0) is 13.8. The van der Waals surface area contributed by atoms with Crippen LogP contribution < -0.4 is 5.32 Å². The summed E-state index contributed by atoms with van der Waals surface area (Å²) in [5.41, 5.74) is 1.93. The van der Waals surface area contributed by atoms with Crippen LogP contribution in [0.15, 0.2) is 18.2 Å². The highest BCUT2D eigenvalue weighted by atomic mass is 35.5. The molecule has 0 saturated heterocycles. The minimum absolute atomic E-state index is 0.509. The van der Waals surface area contributed by atoms with Gasteiger partial charge in [0.25, 0.3) is 0 Å². The van der Waals surface area contributed by atoms with Crippen LogP contribution in [0.1, 0.15) is 10.6 Å². The molecule has 0 unspecified atom stereocenters. The molecule has 2 aromatic rings. The molecule has 0 bridgehead atoms. The summed E-state index contributed by atoms with van der Waals surface area (Å²) in [5, 5.41) is 5.15. The van der Waals surface area contributed by atoms with Crippen molar-refractivity contribution in [3.05, 3.63) is 38.8 Å². The van der Waals surface area contributed by atoms with Crippen molar-refractivity contribution in [1.82, 2.24) is 10.3 Å². The van der Waals surface area contributed by atoms with Gasteiger partial charge < -0.3 is 10.1 Å². The van der Waals surface area contributed by atoms with Crippen molar-refractivity contribution < 1.29 is 4.74 Å². The van der Waals surface area contributed by atoms with Gasteiger partial charge in [-0.25, -0.2) is 4.98 Å². The molecule has 2 rings (SSSR count). The Hall–Kier alpha value is -0.650. The number of thiazole rings is 1. The van der Waals surface area contributed by atoms with Crippen LogP contribution in [-0.2, 0) is 17.9 Å². The van der Waals surface area contributed by atoms with Gasteiger partial charge in [0.15, 0.2) is 0 Å². The molecule has 0 aliphatic heterocycles. The Morgan fingerprint density at radius 2 is 2.11 bits per heavy atom. The summed E-state index contributed by atoms with van der Waals surface area (Å²) in [5.74, 6) is 0. The molecule has 0 aliphatic rings. The third-order valence-corrected chi connectivity index (χ3v) is 4.45. The first kappa shape index (κ1) is 14.8. The van der Waals surface area contributed by atoms with Gasteiger partial charge in [-0.15, -0.1) is 11.3 Å². The smallest absolute Gasteiger partial charge is 0.124 e. The molecule has 0 amide bonds. The second-order valence-corrected chi connectivity index (χ2v) is 5.88. The maximum Gasteiger partial charge on any atom is 0.124 e. The number of nitrogens with zero attached hydrogens (tertiary/aromatic N) is 1. The molecule has 0 aliphatic carbocycles. The van der Waals surface area contributed by atoms with Crippen LogP contribution >= 0.6 is 34.5 Å². The Morgan fingerprint density at radius 3 is 2.74 bits per heavy atom. The first-order chi connectivity index (χ1) is 9.15. The molecule has 0 fully saturated rings. The van der Waals surface area contributed by atoms with Gasteiger partial charge in [-0.1, -0.05) is 29.3 Å². The van der Waals surface area contributed by atoms with Crippen LogP contribution in [0.5, 0.6) is 0 Å². The van der Waals surface area contributed by atoms with Crippen molar-refractivity contribution >= 4 is 34.5 Å². The fraction of sp³-hybridized carbons (Fsp3) is 0.308. The van der Waals surface area contributed by atoms with Crippen LogP contribution in [-0.4, -0.2) is 19.1 Å². The maximum atomic E-state index is 6.04. The highest BCUT2D eigenvalue weighted by Crippen LogP contribution is 2.32. The number of aromatic nitrogens is 1. The summed E-state index contributed by atoms with van der Waals surface area (Å²) < 4.78 is 5.18. The number of nitrogens with one attached hydrogen (secondary N) is 1. The first-order valence-electron chi connectivity index (χ1n) is 5.73. The second kappa shape index (κ2) is 6.68. The van der Waals surface area contributed by atoms with E-state index in [1.165, 1.54) is 4.88 Å². The minimum Gasteiger partial charge on any atom is -0.378 e. The number of methoxy groups -OCH3 is 1. The number of halogens is 2. The van der Waals surface area contributed by atoms with Crippen LogP contribution in [0.2, 0.25) is 10.0 Å². The maximum absolute atomic E-state index is 6.04. The number of hydrogen-bond donors (Lipinski definition) is 1. The Labute approximate surface area is 126 Å². The van der Waals surface area contributed by atoms with Crippen molar-refractivity contribution in [1.29, 1.82) is 0 Å². The highest BCUT2D eigenvalue weighted by molar-refractivity contribution is 7.15. The average Bonchev–Trinajstić information content (AvgIpc) is 2.77. The van der Waals surface area contributed by atoms with Crippen LogP contribution in [0.4, 0.5) is 0 Å². The fourth-order valence-electron chi connectivity index (χ4n) is 1.68. The molecule has 1 aromatic carbocycles. The van der Waals surface area contributed by atoms with Crippen molar-refractivity contribution in [2.24, 2.45) is 0 Å². The molecule has 0 atom stereocenters. The van der Waals surface area contributed by atoms with Crippen molar-refractivity contribution in [3.63, 3.8) is 0 Å². The topological polar surface area (TPSA) is 34.2 Å². The van der Waals surface area contributed by atoms with E-state index >= 15 is 0 Å². The van der Waals surface area contributed by atoms with E-state index in [1.54, 1.807) is 24.5 Å². The minimum atomic E-state index is 0.509. The molecule has 1 heterocycles. The number of ether oxygens (including phenoxy) is 1. The predicted octanol–water partition coefficient (Wildman–Crippen LogP) is 3.98. The summed E-state index contributed by atoms with van der Waals surface area (Å²) in [6.45, 7) is 1.28. The lowest BCUT2D eigenvalue weighted by Gasteiger charge is -1.99. The molecular weight excluding hydrogens is 303 g/mol. The van der Waals surface area contributed by atoms with E-state index in [1.807, 2.05) is 19.2 Å². The van der Waals surface area contributed by atoms with E-state index in [2.05, 4.69) is 10.3 Å². The van der Waals surface area contributed by atoms with Crippen molar-refractivity contribution in [3.8, 4) is 10.6 Å². The van der Waals surface area contributed by atoms with Gasteiger partial charge in [-0.2, -0.15) is 0 Å². The van der Waals surface area contributed by atoms with E-state index < -0.39 is 0 Å². The molecule has 0 spiro atoms. The third kappa shape index (κ3) is 3.46. The van der Waals surface area contributed by atoms with Gasteiger partial charge >= 0.3 is 0 Å². The van der Waals surface area contributed by atoms with E-state index in [4.69, 9.17) is 27.9 Å². The molecule has 6 heteroatoms. The van der Waals surface area contributed by atoms with Crippen LogP contribution in [0.3, 0.4) is 0 Å². The lowest BCUT2D eigenvalue weighted by molar-refractivity contribution is 0.181. The Kier molecular flexibility index (Phi) is 5.19. The molecule has 19 heavy (non-hydrogen) atoms. The van der Waals surface area contributed by atoms with Gasteiger partial charge in [0.1, 0.15) is 5.01 Å². The number of rotatable bonds is 5. The lowest BCUT2D eigenvalue weighted by Crippen LogP contribution is -2.06. The number of benzene rings is 1. The summed E-state index contributed by atoms with van der Waals surface area (Å²) in [7, 11) is 3.58. The quantitative estimate of drug-likeness (QED) is 0.905. The summed E-state index contributed by atoms with van der Waals surface area (Å²) in [6, 6.07) is 5.55. The SMILES string of the molecule is CNCc1sc(-c2ccc(Cl)c(Cl)c2)nc1COC. The van der Waals surface area contributed by atoms with Crippen molar-refractivity contribution in [2.45, 2.75) is 13.2 Å². The Morgan fingerprint density at radius 1 is 1.32 bits per heavy atom. The highest BCUT2D eigenvalue weighted by Gasteiger charge is 2.12. The zero-order valence-electron chi connectivity index (χ0n) is 10.7. The normalized spacial score (nSPS) is 10.9. The van der Waals surface area contributed by atoms with E-state index in [-0.39, 0.29) is 0 Å². The average molecular weight is 317 g/mol. The van der Waals surface area contributed by atoms with E-state index in [9.17, 15) is 0 Å². The van der Waals surface area contributed by atoms with Gasteiger partial charge in [-0.05, 0) is 19.2 Å². The molecule has 1 aromatic heterocycles. The van der Waals surface area contributed by atoms with E-state index in [0.29, 0.717) is 16.7 Å².